The highest BCUT2D eigenvalue weighted by Crippen LogP contribution is 2.24. The zero-order chi connectivity index (χ0) is 16.9. The molecule has 1 aliphatic rings. The summed E-state index contributed by atoms with van der Waals surface area (Å²) in [5.41, 5.74) is 4.08. The number of hydrogen-bond acceptors (Lipinski definition) is 4. The second kappa shape index (κ2) is 6.97. The number of ether oxygens (including phenoxy) is 1. The molecule has 2 aromatic carbocycles. The Morgan fingerprint density at radius 2 is 1.83 bits per heavy atom. The van der Waals surface area contributed by atoms with E-state index < -0.39 is 5.97 Å². The van der Waals surface area contributed by atoms with E-state index >= 15 is 0 Å². The number of esters is 1. The van der Waals surface area contributed by atoms with Crippen molar-refractivity contribution in [2.24, 2.45) is 0 Å². The summed E-state index contributed by atoms with van der Waals surface area (Å²) in [6.45, 7) is -0.351. The molecule has 0 unspecified atom stereocenters. The molecule has 0 saturated carbocycles. The van der Waals surface area contributed by atoms with Crippen LogP contribution in [0.1, 0.15) is 33.5 Å². The van der Waals surface area contributed by atoms with Crippen LogP contribution in [-0.2, 0) is 22.4 Å². The van der Waals surface area contributed by atoms with Crippen molar-refractivity contribution in [2.45, 2.75) is 19.3 Å². The monoisotopic (exact) mass is 320 g/mol. The molecule has 0 atom stereocenters. The number of rotatable bonds is 4. The average Bonchev–Trinajstić information content (AvgIpc) is 3.07. The van der Waals surface area contributed by atoms with Crippen LogP contribution < -0.4 is 5.32 Å². The molecule has 0 fully saturated rings. The van der Waals surface area contributed by atoms with E-state index in [1.54, 1.807) is 0 Å². The van der Waals surface area contributed by atoms with E-state index in [1.165, 1.54) is 35.4 Å². The van der Waals surface area contributed by atoms with Gasteiger partial charge in [-0.1, -0.05) is 6.07 Å². The summed E-state index contributed by atoms with van der Waals surface area (Å²) in [4.78, 5) is 23.8. The fourth-order valence-corrected chi connectivity index (χ4v) is 2.74. The molecule has 5 heteroatoms. The zero-order valence-corrected chi connectivity index (χ0v) is 13.0. The Hall–Kier alpha value is -3.13. The van der Waals surface area contributed by atoms with Gasteiger partial charge in [-0.3, -0.25) is 4.79 Å². The van der Waals surface area contributed by atoms with Crippen molar-refractivity contribution in [3.63, 3.8) is 0 Å². The minimum Gasteiger partial charge on any atom is -0.452 e. The number of benzene rings is 2. The molecule has 1 N–H and O–H groups in total. The van der Waals surface area contributed by atoms with Gasteiger partial charge in [0, 0.05) is 5.69 Å². The maximum Gasteiger partial charge on any atom is 0.338 e. The van der Waals surface area contributed by atoms with Gasteiger partial charge in [0.1, 0.15) is 0 Å². The lowest BCUT2D eigenvalue weighted by molar-refractivity contribution is -0.119. The lowest BCUT2D eigenvalue weighted by atomic mass is 10.1. The molecule has 1 aliphatic carbocycles. The molecule has 3 rings (SSSR count). The summed E-state index contributed by atoms with van der Waals surface area (Å²) >= 11 is 0. The molecule has 5 nitrogen and oxygen atoms in total. The first-order chi connectivity index (χ1) is 11.7. The first-order valence-electron chi connectivity index (χ1n) is 7.74. The lowest BCUT2D eigenvalue weighted by Crippen LogP contribution is -2.21. The number of nitriles is 1. The van der Waals surface area contributed by atoms with E-state index in [1.807, 2.05) is 24.3 Å². The normalized spacial score (nSPS) is 12.1. The fourth-order valence-electron chi connectivity index (χ4n) is 2.74. The van der Waals surface area contributed by atoms with Gasteiger partial charge >= 0.3 is 5.97 Å². The Morgan fingerprint density at radius 3 is 2.58 bits per heavy atom. The summed E-state index contributed by atoms with van der Waals surface area (Å²) in [5, 5.41) is 11.5. The van der Waals surface area contributed by atoms with Crippen LogP contribution in [0.4, 0.5) is 5.69 Å². The molecule has 0 aliphatic heterocycles. The highest BCUT2D eigenvalue weighted by atomic mass is 16.5. The summed E-state index contributed by atoms with van der Waals surface area (Å²) in [7, 11) is 0. The number of nitrogens with one attached hydrogen (secondary N) is 1. The molecular formula is C19H16N2O3. The van der Waals surface area contributed by atoms with Crippen molar-refractivity contribution in [1.82, 2.24) is 0 Å². The Morgan fingerprint density at radius 1 is 1.08 bits per heavy atom. The number of carbonyl (C=O) groups is 2. The highest BCUT2D eigenvalue weighted by Gasteiger charge is 2.13. The van der Waals surface area contributed by atoms with Crippen molar-refractivity contribution >= 4 is 17.6 Å². The zero-order valence-electron chi connectivity index (χ0n) is 13.0. The topological polar surface area (TPSA) is 79.2 Å². The Kier molecular flexibility index (Phi) is 4.57. The first-order valence-corrected chi connectivity index (χ1v) is 7.74. The van der Waals surface area contributed by atoms with Crippen LogP contribution in [0.15, 0.2) is 42.5 Å². The minimum atomic E-state index is -0.594. The minimum absolute atomic E-state index is 0.305. The van der Waals surface area contributed by atoms with Crippen molar-refractivity contribution in [1.29, 1.82) is 5.26 Å². The van der Waals surface area contributed by atoms with Crippen LogP contribution in [0.5, 0.6) is 0 Å². The SMILES string of the molecule is N#Cc1ccc(C(=O)OCC(=O)Nc2ccc3c(c2)CCC3)cc1. The van der Waals surface area contributed by atoms with E-state index in [0.29, 0.717) is 11.1 Å². The molecule has 0 spiro atoms. The van der Waals surface area contributed by atoms with Gasteiger partial charge in [0.05, 0.1) is 17.2 Å². The third kappa shape index (κ3) is 3.61. The lowest BCUT2D eigenvalue weighted by Gasteiger charge is -2.08. The molecular weight excluding hydrogens is 304 g/mol. The van der Waals surface area contributed by atoms with E-state index in [0.717, 1.165) is 24.9 Å². The van der Waals surface area contributed by atoms with Gasteiger partial charge in [-0.15, -0.1) is 0 Å². The summed E-state index contributed by atoms with van der Waals surface area (Å²) in [6.07, 6.45) is 3.27. The first kappa shape index (κ1) is 15.8. The molecule has 0 aromatic heterocycles. The Bertz CT molecular complexity index is 819. The standard InChI is InChI=1S/C19H16N2O3/c20-11-13-4-6-15(7-5-13)19(23)24-12-18(22)21-17-9-8-14-2-1-3-16(14)10-17/h4-10H,1-3,12H2,(H,21,22). The number of carbonyl (C=O) groups excluding carboxylic acids is 2. The Labute approximate surface area is 139 Å². The molecule has 1 amide bonds. The van der Waals surface area contributed by atoms with Crippen LogP contribution in [0.3, 0.4) is 0 Å². The summed E-state index contributed by atoms with van der Waals surface area (Å²) < 4.78 is 4.99. The van der Waals surface area contributed by atoms with Crippen molar-refractivity contribution in [3.05, 3.63) is 64.7 Å². The molecule has 24 heavy (non-hydrogen) atoms. The Balaban J connectivity index is 1.53. The fraction of sp³-hybridized carbons (Fsp3) is 0.211. The smallest absolute Gasteiger partial charge is 0.338 e. The predicted molar refractivity (Wildman–Crippen MR) is 88.5 cm³/mol. The van der Waals surface area contributed by atoms with Crippen molar-refractivity contribution in [2.75, 3.05) is 11.9 Å². The van der Waals surface area contributed by atoms with Crippen LogP contribution in [0, 0.1) is 11.3 Å². The van der Waals surface area contributed by atoms with Gasteiger partial charge < -0.3 is 10.1 Å². The highest BCUT2D eigenvalue weighted by molar-refractivity contribution is 5.95. The molecule has 0 radical (unpaired) electrons. The number of hydrogen-bond donors (Lipinski definition) is 1. The maximum atomic E-state index is 11.9. The molecule has 120 valence electrons. The average molecular weight is 320 g/mol. The number of aryl methyl sites for hydroxylation is 2. The number of amides is 1. The van der Waals surface area contributed by atoms with E-state index in [9.17, 15) is 9.59 Å². The summed E-state index contributed by atoms with van der Waals surface area (Å²) in [5.74, 6) is -0.974. The van der Waals surface area contributed by atoms with Crippen LogP contribution >= 0.6 is 0 Å². The maximum absolute atomic E-state index is 11.9. The molecule has 0 heterocycles. The number of nitrogens with zero attached hydrogens (tertiary/aromatic N) is 1. The second-order valence-corrected chi connectivity index (χ2v) is 5.65. The number of anilines is 1. The van der Waals surface area contributed by atoms with Crippen molar-refractivity contribution in [3.8, 4) is 6.07 Å². The van der Waals surface area contributed by atoms with Crippen molar-refractivity contribution < 1.29 is 14.3 Å². The predicted octanol–water partition coefficient (Wildman–Crippen LogP) is 2.84. The third-order valence-corrected chi connectivity index (χ3v) is 3.97. The largest absolute Gasteiger partial charge is 0.452 e. The van der Waals surface area contributed by atoms with Gasteiger partial charge in [0.25, 0.3) is 5.91 Å². The van der Waals surface area contributed by atoms with Gasteiger partial charge in [-0.2, -0.15) is 5.26 Å². The van der Waals surface area contributed by atoms with E-state index in [4.69, 9.17) is 10.00 Å². The van der Waals surface area contributed by atoms with Crippen LogP contribution in [0.2, 0.25) is 0 Å². The third-order valence-electron chi connectivity index (χ3n) is 3.97. The van der Waals surface area contributed by atoms with E-state index in [2.05, 4.69) is 5.32 Å². The van der Waals surface area contributed by atoms with Gasteiger partial charge in [0.15, 0.2) is 6.61 Å². The molecule has 2 aromatic rings. The molecule has 0 saturated heterocycles. The molecule has 0 bridgehead atoms. The van der Waals surface area contributed by atoms with Gasteiger partial charge in [-0.25, -0.2) is 4.79 Å². The van der Waals surface area contributed by atoms with Crippen LogP contribution in [-0.4, -0.2) is 18.5 Å². The van der Waals surface area contributed by atoms with Gasteiger partial charge in [0.2, 0.25) is 0 Å². The van der Waals surface area contributed by atoms with Gasteiger partial charge in [-0.05, 0) is 66.8 Å². The van der Waals surface area contributed by atoms with Crippen LogP contribution in [0.25, 0.3) is 0 Å². The second-order valence-electron chi connectivity index (χ2n) is 5.65. The quantitative estimate of drug-likeness (QED) is 0.879. The number of fused-ring (bicyclic) bond motifs is 1. The summed E-state index contributed by atoms with van der Waals surface area (Å²) in [6, 6.07) is 13.9. The van der Waals surface area contributed by atoms with E-state index in [-0.39, 0.29) is 12.5 Å².